The van der Waals surface area contributed by atoms with Crippen LogP contribution in [0.5, 0.6) is 0 Å². The molecule has 2 fully saturated rings. The van der Waals surface area contributed by atoms with Crippen LogP contribution in [-0.2, 0) is 4.79 Å². The van der Waals surface area contributed by atoms with Crippen molar-refractivity contribution in [2.24, 2.45) is 11.8 Å². The fourth-order valence-corrected chi connectivity index (χ4v) is 3.01. The molecule has 0 aromatic heterocycles. The quantitative estimate of drug-likeness (QED) is 0.620. The van der Waals surface area contributed by atoms with Crippen LogP contribution in [0.15, 0.2) is 0 Å². The summed E-state index contributed by atoms with van der Waals surface area (Å²) < 4.78 is 0. The number of carbonyl (C=O) groups is 1. The fraction of sp³-hybridized carbons (Fsp3) is 0.900. The van der Waals surface area contributed by atoms with Crippen molar-refractivity contribution in [3.63, 3.8) is 0 Å². The molecule has 74 valence electrons. The van der Waals surface area contributed by atoms with Gasteiger partial charge in [-0.25, -0.2) is 0 Å². The molecule has 0 aromatic rings. The van der Waals surface area contributed by atoms with E-state index in [0.717, 1.165) is 25.4 Å². The molecule has 13 heavy (non-hydrogen) atoms. The normalized spacial score (nSPS) is 43.2. The number of fused-ring (bicyclic) bond motifs is 1. The van der Waals surface area contributed by atoms with E-state index in [-0.39, 0.29) is 11.4 Å². The number of hydrogen-bond acceptors (Lipinski definition) is 2. The lowest BCUT2D eigenvalue weighted by atomic mass is 9.86. The summed E-state index contributed by atoms with van der Waals surface area (Å²) in [4.78, 5) is 11.1. The summed E-state index contributed by atoms with van der Waals surface area (Å²) in [7, 11) is 0. The predicted molar refractivity (Wildman–Crippen MR) is 51.3 cm³/mol. The molecule has 2 N–H and O–H groups in total. The first kappa shape index (κ1) is 9.00. The molecule has 1 saturated heterocycles. The van der Waals surface area contributed by atoms with E-state index in [9.17, 15) is 4.79 Å². The number of nitrogens with one attached hydrogen (secondary N) is 2. The maximum Gasteiger partial charge on any atom is 0.217 e. The first-order valence-electron chi connectivity index (χ1n) is 5.11. The molecule has 0 bridgehead atoms. The van der Waals surface area contributed by atoms with E-state index in [2.05, 4.69) is 17.6 Å². The Hall–Kier alpha value is -0.570. The maximum absolute atomic E-state index is 11.1. The van der Waals surface area contributed by atoms with Gasteiger partial charge in [0.25, 0.3) is 0 Å². The molecule has 3 nitrogen and oxygen atoms in total. The van der Waals surface area contributed by atoms with Gasteiger partial charge in [0, 0.05) is 19.0 Å². The third kappa shape index (κ3) is 1.46. The van der Waals surface area contributed by atoms with Crippen LogP contribution >= 0.6 is 0 Å². The Morgan fingerprint density at radius 3 is 3.00 bits per heavy atom. The van der Waals surface area contributed by atoms with Crippen molar-refractivity contribution in [1.82, 2.24) is 10.6 Å². The molecule has 3 atom stereocenters. The summed E-state index contributed by atoms with van der Waals surface area (Å²) in [6.07, 6.45) is 2.40. The second-order valence-electron chi connectivity index (χ2n) is 4.66. The smallest absolute Gasteiger partial charge is 0.217 e. The van der Waals surface area contributed by atoms with Crippen molar-refractivity contribution in [2.75, 3.05) is 13.1 Å². The van der Waals surface area contributed by atoms with Gasteiger partial charge in [-0.3, -0.25) is 4.79 Å². The average molecular weight is 182 g/mol. The van der Waals surface area contributed by atoms with E-state index in [1.165, 1.54) is 6.42 Å². The van der Waals surface area contributed by atoms with Crippen LogP contribution in [-0.4, -0.2) is 24.5 Å². The summed E-state index contributed by atoms with van der Waals surface area (Å²) in [5, 5.41) is 6.51. The number of rotatable bonds is 1. The lowest BCUT2D eigenvalue weighted by molar-refractivity contribution is -0.121. The zero-order valence-corrected chi connectivity index (χ0v) is 8.39. The first-order valence-corrected chi connectivity index (χ1v) is 5.11. The fourth-order valence-electron chi connectivity index (χ4n) is 3.01. The van der Waals surface area contributed by atoms with Crippen molar-refractivity contribution in [2.45, 2.75) is 32.2 Å². The van der Waals surface area contributed by atoms with Crippen molar-refractivity contribution in [3.05, 3.63) is 0 Å². The molecule has 1 amide bonds. The minimum atomic E-state index is 0.0556. The Morgan fingerprint density at radius 1 is 1.54 bits per heavy atom. The second-order valence-corrected chi connectivity index (χ2v) is 4.66. The monoisotopic (exact) mass is 182 g/mol. The topological polar surface area (TPSA) is 41.1 Å². The van der Waals surface area contributed by atoms with Crippen molar-refractivity contribution in [1.29, 1.82) is 0 Å². The summed E-state index contributed by atoms with van der Waals surface area (Å²) >= 11 is 0. The molecule has 1 heterocycles. The Labute approximate surface area is 79.3 Å². The Bertz CT molecular complexity index is 229. The zero-order valence-electron chi connectivity index (χ0n) is 8.39. The van der Waals surface area contributed by atoms with Gasteiger partial charge < -0.3 is 10.6 Å². The molecule has 0 radical (unpaired) electrons. The zero-order chi connectivity index (χ0) is 9.47. The SMILES string of the molecule is CC(=O)NC1(C)CCC2CNCC21. The molecular formula is C10H18N2O. The highest BCUT2D eigenvalue weighted by atomic mass is 16.1. The highest BCUT2D eigenvalue weighted by Gasteiger charge is 2.47. The molecule has 1 aliphatic heterocycles. The van der Waals surface area contributed by atoms with Gasteiger partial charge >= 0.3 is 0 Å². The van der Waals surface area contributed by atoms with Crippen LogP contribution in [0.1, 0.15) is 26.7 Å². The van der Waals surface area contributed by atoms with E-state index in [1.807, 2.05) is 0 Å². The average Bonchev–Trinajstić information content (AvgIpc) is 2.54. The van der Waals surface area contributed by atoms with Gasteiger partial charge in [0.15, 0.2) is 0 Å². The molecule has 1 aliphatic carbocycles. The van der Waals surface area contributed by atoms with Gasteiger partial charge in [-0.1, -0.05) is 0 Å². The van der Waals surface area contributed by atoms with Crippen molar-refractivity contribution < 1.29 is 4.79 Å². The number of carbonyl (C=O) groups excluding carboxylic acids is 1. The standard InChI is InChI=1S/C10H18N2O/c1-7(13)12-10(2)4-3-8-5-11-6-9(8)10/h8-9,11H,3-6H2,1-2H3,(H,12,13). The highest BCUT2D eigenvalue weighted by Crippen LogP contribution is 2.41. The highest BCUT2D eigenvalue weighted by molar-refractivity contribution is 5.73. The van der Waals surface area contributed by atoms with Gasteiger partial charge in [0.05, 0.1) is 0 Å². The van der Waals surface area contributed by atoms with Gasteiger partial charge in [0.1, 0.15) is 0 Å². The third-order valence-corrected chi connectivity index (χ3v) is 3.65. The van der Waals surface area contributed by atoms with Gasteiger partial charge in [0.2, 0.25) is 5.91 Å². The molecule has 3 heteroatoms. The minimum absolute atomic E-state index is 0.0556. The lowest BCUT2D eigenvalue weighted by Gasteiger charge is -2.31. The number of hydrogen-bond donors (Lipinski definition) is 2. The molecule has 0 aromatic carbocycles. The Balaban J connectivity index is 2.09. The first-order chi connectivity index (χ1) is 6.12. The van der Waals surface area contributed by atoms with Crippen molar-refractivity contribution >= 4 is 5.91 Å². The van der Waals surface area contributed by atoms with Crippen LogP contribution in [0, 0.1) is 11.8 Å². The summed E-state index contributed by atoms with van der Waals surface area (Å²) in [6, 6.07) is 0. The van der Waals surface area contributed by atoms with E-state index in [1.54, 1.807) is 6.92 Å². The second kappa shape index (κ2) is 2.98. The van der Waals surface area contributed by atoms with E-state index in [4.69, 9.17) is 0 Å². The number of amides is 1. The van der Waals surface area contributed by atoms with Gasteiger partial charge in [-0.15, -0.1) is 0 Å². The van der Waals surface area contributed by atoms with Crippen LogP contribution in [0.2, 0.25) is 0 Å². The molecule has 3 unspecified atom stereocenters. The third-order valence-electron chi connectivity index (χ3n) is 3.65. The van der Waals surface area contributed by atoms with E-state index in [0.29, 0.717) is 5.92 Å². The Kier molecular flexibility index (Phi) is 2.06. The predicted octanol–water partition coefficient (Wildman–Crippen LogP) is 0.511. The summed E-state index contributed by atoms with van der Waals surface area (Å²) in [5.74, 6) is 1.54. The van der Waals surface area contributed by atoms with Crippen LogP contribution in [0.25, 0.3) is 0 Å². The molecule has 2 rings (SSSR count). The summed E-state index contributed by atoms with van der Waals surface area (Å²) in [5.41, 5.74) is 0.0556. The van der Waals surface area contributed by atoms with Gasteiger partial charge in [-0.05, 0) is 38.1 Å². The summed E-state index contributed by atoms with van der Waals surface area (Å²) in [6.45, 7) is 6.01. The van der Waals surface area contributed by atoms with Crippen LogP contribution < -0.4 is 10.6 Å². The molecule has 2 aliphatic rings. The van der Waals surface area contributed by atoms with Crippen LogP contribution in [0.3, 0.4) is 0 Å². The van der Waals surface area contributed by atoms with E-state index >= 15 is 0 Å². The largest absolute Gasteiger partial charge is 0.351 e. The van der Waals surface area contributed by atoms with Crippen LogP contribution in [0.4, 0.5) is 0 Å². The van der Waals surface area contributed by atoms with Crippen molar-refractivity contribution in [3.8, 4) is 0 Å². The van der Waals surface area contributed by atoms with E-state index < -0.39 is 0 Å². The lowest BCUT2D eigenvalue weighted by Crippen LogP contribution is -2.49. The molecule has 1 saturated carbocycles. The van der Waals surface area contributed by atoms with Gasteiger partial charge in [-0.2, -0.15) is 0 Å². The maximum atomic E-state index is 11.1. The molecule has 0 spiro atoms. The minimum Gasteiger partial charge on any atom is -0.351 e. The molecular weight excluding hydrogens is 164 g/mol. The Morgan fingerprint density at radius 2 is 2.31 bits per heavy atom.